The molecule has 5 heteroatoms. The Balaban J connectivity index is 3.03. The van der Waals surface area contributed by atoms with Gasteiger partial charge in [0, 0.05) is 11.6 Å². The van der Waals surface area contributed by atoms with Gasteiger partial charge < -0.3 is 19.7 Å². The second-order valence-electron chi connectivity index (χ2n) is 3.27. The summed E-state index contributed by atoms with van der Waals surface area (Å²) in [5.74, 6) is 1.03. The first-order valence-electron chi connectivity index (χ1n) is 4.78. The van der Waals surface area contributed by atoms with E-state index in [1.54, 1.807) is 25.3 Å². The van der Waals surface area contributed by atoms with Gasteiger partial charge in [-0.25, -0.2) is 0 Å². The standard InChI is InChI=1S/C11H15ClO4/c1-15-7-3-4-8(10(5-7)16-2)11(14)9(13)6-12/h3-5,9,11,13-14H,6H2,1-2H3. The van der Waals surface area contributed by atoms with Crippen LogP contribution in [0.4, 0.5) is 0 Å². The van der Waals surface area contributed by atoms with E-state index in [4.69, 9.17) is 21.1 Å². The molecule has 0 bridgehead atoms. The van der Waals surface area contributed by atoms with Crippen LogP contribution in [0, 0.1) is 0 Å². The van der Waals surface area contributed by atoms with Gasteiger partial charge in [0.15, 0.2) is 0 Å². The first-order chi connectivity index (χ1) is 7.63. The Hall–Kier alpha value is -0.970. The summed E-state index contributed by atoms with van der Waals surface area (Å²) in [7, 11) is 3.02. The van der Waals surface area contributed by atoms with Crippen molar-refractivity contribution in [2.24, 2.45) is 0 Å². The van der Waals surface area contributed by atoms with Crippen molar-refractivity contribution in [1.29, 1.82) is 0 Å². The minimum atomic E-state index is -1.07. The molecule has 0 aliphatic heterocycles. The minimum Gasteiger partial charge on any atom is -0.497 e. The van der Waals surface area contributed by atoms with Crippen molar-refractivity contribution in [3.63, 3.8) is 0 Å². The Labute approximate surface area is 99.4 Å². The average Bonchev–Trinajstić information content (AvgIpc) is 2.35. The van der Waals surface area contributed by atoms with Gasteiger partial charge in [0.2, 0.25) is 0 Å². The molecule has 2 unspecified atom stereocenters. The van der Waals surface area contributed by atoms with Gasteiger partial charge >= 0.3 is 0 Å². The third-order valence-corrected chi connectivity index (χ3v) is 2.60. The topological polar surface area (TPSA) is 58.9 Å². The second kappa shape index (κ2) is 5.94. The number of benzene rings is 1. The quantitative estimate of drug-likeness (QED) is 0.770. The molecule has 1 aromatic carbocycles. The van der Waals surface area contributed by atoms with Crippen LogP contribution in [-0.4, -0.2) is 36.4 Å². The average molecular weight is 247 g/mol. The Morgan fingerprint density at radius 1 is 1.25 bits per heavy atom. The summed E-state index contributed by atoms with van der Waals surface area (Å²) >= 11 is 5.48. The first-order valence-corrected chi connectivity index (χ1v) is 5.31. The Morgan fingerprint density at radius 3 is 2.44 bits per heavy atom. The van der Waals surface area contributed by atoms with Gasteiger partial charge in [0.1, 0.15) is 17.6 Å². The lowest BCUT2D eigenvalue weighted by atomic mass is 10.0. The smallest absolute Gasteiger partial charge is 0.128 e. The normalized spacial score (nSPS) is 14.3. The summed E-state index contributed by atoms with van der Waals surface area (Å²) in [6.45, 7) is 0. The predicted octanol–water partition coefficient (Wildman–Crippen LogP) is 1.34. The van der Waals surface area contributed by atoms with E-state index in [0.717, 1.165) is 0 Å². The molecule has 0 saturated heterocycles. The fourth-order valence-electron chi connectivity index (χ4n) is 1.35. The van der Waals surface area contributed by atoms with Gasteiger partial charge in [-0.1, -0.05) is 0 Å². The maximum Gasteiger partial charge on any atom is 0.128 e. The summed E-state index contributed by atoms with van der Waals surface area (Å²) < 4.78 is 10.1. The summed E-state index contributed by atoms with van der Waals surface area (Å²) in [6, 6.07) is 4.96. The molecule has 1 aromatic rings. The van der Waals surface area contributed by atoms with Crippen LogP contribution in [0.15, 0.2) is 18.2 Å². The van der Waals surface area contributed by atoms with Crippen molar-refractivity contribution in [3.8, 4) is 11.5 Å². The lowest BCUT2D eigenvalue weighted by Gasteiger charge is -2.18. The SMILES string of the molecule is COc1ccc(C(O)C(O)CCl)c(OC)c1. The Morgan fingerprint density at radius 2 is 1.94 bits per heavy atom. The highest BCUT2D eigenvalue weighted by atomic mass is 35.5. The molecule has 16 heavy (non-hydrogen) atoms. The molecule has 0 saturated carbocycles. The van der Waals surface area contributed by atoms with E-state index in [-0.39, 0.29) is 5.88 Å². The molecule has 0 radical (unpaired) electrons. The zero-order valence-corrected chi connectivity index (χ0v) is 9.94. The summed E-state index contributed by atoms with van der Waals surface area (Å²) in [4.78, 5) is 0. The van der Waals surface area contributed by atoms with E-state index >= 15 is 0 Å². The number of halogens is 1. The zero-order valence-electron chi connectivity index (χ0n) is 9.18. The van der Waals surface area contributed by atoms with Crippen molar-refractivity contribution >= 4 is 11.6 Å². The number of hydrogen-bond acceptors (Lipinski definition) is 4. The highest BCUT2D eigenvalue weighted by Gasteiger charge is 2.21. The fourth-order valence-corrected chi connectivity index (χ4v) is 1.52. The summed E-state index contributed by atoms with van der Waals surface area (Å²) in [6.07, 6.45) is -2.10. The maximum absolute atomic E-state index is 9.81. The van der Waals surface area contributed by atoms with Crippen LogP contribution in [-0.2, 0) is 0 Å². The molecular formula is C11H15ClO4. The number of ether oxygens (including phenoxy) is 2. The van der Waals surface area contributed by atoms with E-state index in [2.05, 4.69) is 0 Å². The van der Waals surface area contributed by atoms with Crippen LogP contribution in [0.3, 0.4) is 0 Å². The molecule has 1 rings (SSSR count). The zero-order chi connectivity index (χ0) is 12.1. The molecule has 90 valence electrons. The molecule has 2 atom stereocenters. The molecule has 0 aliphatic carbocycles. The second-order valence-corrected chi connectivity index (χ2v) is 3.58. The molecule has 0 fully saturated rings. The van der Waals surface area contributed by atoms with Crippen molar-refractivity contribution in [2.45, 2.75) is 12.2 Å². The lowest BCUT2D eigenvalue weighted by Crippen LogP contribution is -2.20. The van der Waals surface area contributed by atoms with Crippen LogP contribution < -0.4 is 9.47 Å². The third kappa shape index (κ3) is 2.78. The third-order valence-electron chi connectivity index (χ3n) is 2.28. The summed E-state index contributed by atoms with van der Waals surface area (Å²) in [5.41, 5.74) is 0.483. The van der Waals surface area contributed by atoms with Gasteiger partial charge in [-0.15, -0.1) is 11.6 Å². The molecule has 0 heterocycles. The Kier molecular flexibility index (Phi) is 4.86. The van der Waals surface area contributed by atoms with Crippen molar-refractivity contribution < 1.29 is 19.7 Å². The maximum atomic E-state index is 9.81. The van der Waals surface area contributed by atoms with E-state index in [1.807, 2.05) is 0 Å². The Bertz CT molecular complexity index is 343. The highest BCUT2D eigenvalue weighted by Crippen LogP contribution is 2.31. The first kappa shape index (κ1) is 13.1. The van der Waals surface area contributed by atoms with E-state index < -0.39 is 12.2 Å². The number of rotatable bonds is 5. The van der Waals surface area contributed by atoms with Crippen molar-refractivity contribution in [3.05, 3.63) is 23.8 Å². The molecule has 4 nitrogen and oxygen atoms in total. The van der Waals surface area contributed by atoms with Gasteiger partial charge in [-0.3, -0.25) is 0 Å². The molecule has 2 N–H and O–H groups in total. The van der Waals surface area contributed by atoms with E-state index in [9.17, 15) is 10.2 Å². The van der Waals surface area contributed by atoms with Crippen LogP contribution in [0.2, 0.25) is 0 Å². The molecular weight excluding hydrogens is 232 g/mol. The van der Waals surface area contributed by atoms with Crippen LogP contribution in [0.5, 0.6) is 11.5 Å². The lowest BCUT2D eigenvalue weighted by molar-refractivity contribution is 0.0312. The van der Waals surface area contributed by atoms with Crippen LogP contribution in [0.1, 0.15) is 11.7 Å². The van der Waals surface area contributed by atoms with Gasteiger partial charge in [-0.2, -0.15) is 0 Å². The van der Waals surface area contributed by atoms with Crippen LogP contribution in [0.25, 0.3) is 0 Å². The van der Waals surface area contributed by atoms with E-state index in [1.165, 1.54) is 7.11 Å². The number of hydrogen-bond donors (Lipinski definition) is 2. The molecule has 0 spiro atoms. The largest absolute Gasteiger partial charge is 0.497 e. The monoisotopic (exact) mass is 246 g/mol. The summed E-state index contributed by atoms with van der Waals surface area (Å²) in [5, 5.41) is 19.3. The fraction of sp³-hybridized carbons (Fsp3) is 0.455. The highest BCUT2D eigenvalue weighted by molar-refractivity contribution is 6.18. The van der Waals surface area contributed by atoms with Crippen molar-refractivity contribution in [2.75, 3.05) is 20.1 Å². The minimum absolute atomic E-state index is 0.0453. The van der Waals surface area contributed by atoms with Gasteiger partial charge in [-0.05, 0) is 12.1 Å². The molecule has 0 aliphatic rings. The number of aliphatic hydroxyl groups excluding tert-OH is 2. The van der Waals surface area contributed by atoms with E-state index in [0.29, 0.717) is 17.1 Å². The van der Waals surface area contributed by atoms with Gasteiger partial charge in [0.25, 0.3) is 0 Å². The van der Waals surface area contributed by atoms with Crippen molar-refractivity contribution in [1.82, 2.24) is 0 Å². The number of alkyl halides is 1. The predicted molar refractivity (Wildman–Crippen MR) is 61.2 cm³/mol. The molecule has 0 aromatic heterocycles. The molecule has 0 amide bonds. The number of methoxy groups -OCH3 is 2. The van der Waals surface area contributed by atoms with Gasteiger partial charge in [0.05, 0.1) is 26.2 Å². The number of aliphatic hydroxyl groups is 2. The van der Waals surface area contributed by atoms with Crippen LogP contribution >= 0.6 is 11.6 Å².